The average molecular weight is 689 g/mol. The first kappa shape index (κ1) is 30.7. The molecule has 0 unspecified atom stereocenters. The molecule has 2 aromatic carbocycles. The number of carboxylic acids is 1. The molecule has 10 nitrogen and oxygen atoms in total. The van der Waals surface area contributed by atoms with E-state index in [1.807, 2.05) is 59.2 Å². The van der Waals surface area contributed by atoms with E-state index in [2.05, 4.69) is 31.0 Å². The fourth-order valence-electron chi connectivity index (χ4n) is 7.76. The molecule has 1 aromatic heterocycles. The quantitative estimate of drug-likeness (QED) is 0.362. The minimum atomic E-state index is -0.909. The molecule has 3 aromatic rings. The van der Waals surface area contributed by atoms with Crippen LogP contribution in [0.5, 0.6) is 5.75 Å². The number of hydrogen-bond donors (Lipinski definition) is 1. The van der Waals surface area contributed by atoms with Crippen LogP contribution < -0.4 is 9.64 Å². The van der Waals surface area contributed by atoms with E-state index in [0.29, 0.717) is 56.8 Å². The summed E-state index contributed by atoms with van der Waals surface area (Å²) < 4.78 is 7.72. The summed E-state index contributed by atoms with van der Waals surface area (Å²) in [5, 5.41) is 18.5. The zero-order chi connectivity index (χ0) is 31.9. The maximum Gasteiger partial charge on any atom is 0.307 e. The second-order valence-corrected chi connectivity index (χ2v) is 13.8. The molecule has 0 bridgehead atoms. The van der Waals surface area contributed by atoms with Crippen molar-refractivity contribution in [2.75, 3.05) is 31.1 Å². The van der Waals surface area contributed by atoms with Crippen molar-refractivity contribution in [1.82, 2.24) is 20.0 Å². The number of fused-ring (bicyclic) bond motifs is 2. The summed E-state index contributed by atoms with van der Waals surface area (Å²) in [6, 6.07) is 13.1. The molecule has 4 atom stereocenters. The number of carbonyl (C=O) groups is 3. The van der Waals surface area contributed by atoms with E-state index in [1.165, 1.54) is 0 Å². The SMILES string of the molecule is Cc1cnnc(N2CC[C@H](Oc3ccc(Br)c4c3[C@@H](CN3Cc5ccccc5C3=O)N(C(=O)[C@@H]3CCCC[C@@H]3C(=O)O)CC4)C2)c1. The Kier molecular flexibility index (Phi) is 8.44. The molecule has 4 aliphatic rings. The number of benzene rings is 2. The van der Waals surface area contributed by atoms with Gasteiger partial charge in [-0.05, 0) is 67.1 Å². The van der Waals surface area contributed by atoms with Gasteiger partial charge in [0.25, 0.3) is 5.91 Å². The number of ether oxygens (including phenoxy) is 1. The van der Waals surface area contributed by atoms with Gasteiger partial charge in [-0.3, -0.25) is 14.4 Å². The highest BCUT2D eigenvalue weighted by Crippen LogP contribution is 2.44. The van der Waals surface area contributed by atoms with E-state index in [-0.39, 0.29) is 17.9 Å². The number of aromatic nitrogens is 2. The molecule has 11 heteroatoms. The van der Waals surface area contributed by atoms with E-state index >= 15 is 0 Å². The Balaban J connectivity index is 1.23. The Morgan fingerprint density at radius 3 is 2.65 bits per heavy atom. The lowest BCUT2D eigenvalue weighted by molar-refractivity contribution is -0.153. The highest BCUT2D eigenvalue weighted by molar-refractivity contribution is 9.10. The number of hydrogen-bond acceptors (Lipinski definition) is 7. The topological polar surface area (TPSA) is 116 Å². The third-order valence-electron chi connectivity index (χ3n) is 10.1. The minimum Gasteiger partial charge on any atom is -0.488 e. The van der Waals surface area contributed by atoms with Crippen LogP contribution in [0.25, 0.3) is 0 Å². The Morgan fingerprint density at radius 2 is 1.87 bits per heavy atom. The van der Waals surface area contributed by atoms with Crippen LogP contribution in [0.15, 0.2) is 53.1 Å². The average Bonchev–Trinajstić information content (AvgIpc) is 3.66. The number of halogens is 1. The van der Waals surface area contributed by atoms with Gasteiger partial charge in [0.2, 0.25) is 5.91 Å². The van der Waals surface area contributed by atoms with Crippen LogP contribution in [0, 0.1) is 18.8 Å². The first-order chi connectivity index (χ1) is 22.3. The number of rotatable bonds is 7. The van der Waals surface area contributed by atoms with Gasteiger partial charge in [-0.1, -0.05) is 47.0 Å². The Bertz CT molecular complexity index is 1680. The number of carboxylic acid groups (broad SMARTS) is 1. The van der Waals surface area contributed by atoms with Gasteiger partial charge in [0.15, 0.2) is 5.82 Å². The number of carbonyl (C=O) groups excluding carboxylic acids is 2. The van der Waals surface area contributed by atoms with Gasteiger partial charge < -0.3 is 24.5 Å². The van der Waals surface area contributed by atoms with Crippen LogP contribution in [0.2, 0.25) is 0 Å². The molecule has 0 spiro atoms. The Labute approximate surface area is 276 Å². The molecule has 1 aliphatic carbocycles. The number of nitrogens with zero attached hydrogens (tertiary/aromatic N) is 5. The predicted octanol–water partition coefficient (Wildman–Crippen LogP) is 5.18. The molecule has 240 valence electrons. The fourth-order valence-corrected chi connectivity index (χ4v) is 8.30. The summed E-state index contributed by atoms with van der Waals surface area (Å²) in [6.45, 7) is 4.63. The number of aryl methyl sites for hydroxylation is 1. The van der Waals surface area contributed by atoms with Crippen molar-refractivity contribution in [2.45, 2.75) is 64.1 Å². The van der Waals surface area contributed by atoms with E-state index < -0.39 is 23.8 Å². The molecule has 1 saturated carbocycles. The van der Waals surface area contributed by atoms with Crippen LogP contribution in [0.4, 0.5) is 5.82 Å². The molecule has 2 amide bonds. The van der Waals surface area contributed by atoms with Crippen LogP contribution in [-0.2, 0) is 22.6 Å². The maximum absolute atomic E-state index is 14.4. The summed E-state index contributed by atoms with van der Waals surface area (Å²) >= 11 is 3.77. The maximum atomic E-state index is 14.4. The van der Waals surface area contributed by atoms with Crippen LogP contribution >= 0.6 is 15.9 Å². The first-order valence-electron chi connectivity index (χ1n) is 16.2. The molecule has 1 N–H and O–H groups in total. The summed E-state index contributed by atoms with van der Waals surface area (Å²) in [6.07, 6.45) is 5.74. The highest BCUT2D eigenvalue weighted by Gasteiger charge is 2.44. The fraction of sp³-hybridized carbons (Fsp3) is 0.457. The van der Waals surface area contributed by atoms with Crippen molar-refractivity contribution in [3.05, 3.63) is 81.0 Å². The van der Waals surface area contributed by atoms with Crippen molar-refractivity contribution in [3.8, 4) is 5.75 Å². The van der Waals surface area contributed by atoms with Crippen LogP contribution in [-0.4, -0.2) is 75.2 Å². The molecular weight excluding hydrogens is 650 g/mol. The number of aliphatic carboxylic acids is 1. The van der Waals surface area contributed by atoms with Crippen LogP contribution in [0.1, 0.15) is 70.8 Å². The first-order valence-corrected chi connectivity index (χ1v) is 17.0. The third kappa shape index (κ3) is 5.74. The van der Waals surface area contributed by atoms with E-state index in [1.54, 1.807) is 6.20 Å². The van der Waals surface area contributed by atoms with Gasteiger partial charge >= 0.3 is 5.97 Å². The van der Waals surface area contributed by atoms with Gasteiger partial charge in [0.1, 0.15) is 11.9 Å². The lowest BCUT2D eigenvalue weighted by Gasteiger charge is -2.43. The second-order valence-electron chi connectivity index (χ2n) is 13.0. The molecule has 4 heterocycles. The molecule has 46 heavy (non-hydrogen) atoms. The summed E-state index contributed by atoms with van der Waals surface area (Å²) in [5.41, 5.74) is 4.66. The van der Waals surface area contributed by atoms with Crippen molar-refractivity contribution in [3.63, 3.8) is 0 Å². The zero-order valence-electron chi connectivity index (χ0n) is 25.9. The van der Waals surface area contributed by atoms with Gasteiger partial charge in [-0.25, -0.2) is 0 Å². The summed E-state index contributed by atoms with van der Waals surface area (Å²) in [7, 11) is 0. The monoisotopic (exact) mass is 687 g/mol. The molecule has 0 radical (unpaired) electrons. The van der Waals surface area contributed by atoms with Gasteiger partial charge in [-0.2, -0.15) is 5.10 Å². The number of amides is 2. The molecule has 3 aliphatic heterocycles. The van der Waals surface area contributed by atoms with Crippen molar-refractivity contribution >= 4 is 39.5 Å². The van der Waals surface area contributed by atoms with E-state index in [4.69, 9.17) is 4.74 Å². The van der Waals surface area contributed by atoms with Crippen LogP contribution in [0.3, 0.4) is 0 Å². The molecule has 2 fully saturated rings. The molecular formula is C35H38BrN5O5. The van der Waals surface area contributed by atoms with E-state index in [9.17, 15) is 19.5 Å². The molecule has 1 saturated heterocycles. The minimum absolute atomic E-state index is 0.0561. The van der Waals surface area contributed by atoms with Gasteiger partial charge in [0, 0.05) is 48.2 Å². The predicted molar refractivity (Wildman–Crippen MR) is 175 cm³/mol. The van der Waals surface area contributed by atoms with Crippen molar-refractivity contribution in [2.24, 2.45) is 11.8 Å². The Morgan fingerprint density at radius 1 is 1.07 bits per heavy atom. The molecule has 7 rings (SSSR count). The Hall–Kier alpha value is -3.99. The second kappa shape index (κ2) is 12.7. The lowest BCUT2D eigenvalue weighted by Crippen LogP contribution is -2.50. The smallest absolute Gasteiger partial charge is 0.307 e. The third-order valence-corrected chi connectivity index (χ3v) is 10.8. The van der Waals surface area contributed by atoms with Gasteiger partial charge in [0.05, 0.1) is 30.6 Å². The standard InChI is InChI=1S/C35H38BrN5O5/c1-21-16-31(38-37-17-21)39-14-12-23(19-39)46-30-11-10-28(36)27-13-15-41(34(43)25-8-4-5-9-26(25)35(44)45)29(32(27)30)20-40-18-22-6-2-3-7-24(22)33(40)42/h2-3,6-7,10-11,16-17,23,25-26,29H,4-5,8-9,12-15,18-20H2,1H3,(H,44,45)/t23-,25+,26-,29+/m0/s1. The van der Waals surface area contributed by atoms with E-state index in [0.717, 1.165) is 58.4 Å². The van der Waals surface area contributed by atoms with Gasteiger partial charge in [-0.15, -0.1) is 5.10 Å². The lowest BCUT2D eigenvalue weighted by atomic mass is 9.77. The number of anilines is 1. The van der Waals surface area contributed by atoms with Crippen molar-refractivity contribution < 1.29 is 24.2 Å². The highest BCUT2D eigenvalue weighted by atomic mass is 79.9. The summed E-state index contributed by atoms with van der Waals surface area (Å²) in [5.74, 6) is -0.863. The normalized spacial score (nSPS) is 24.1. The largest absolute Gasteiger partial charge is 0.488 e. The zero-order valence-corrected chi connectivity index (χ0v) is 27.5. The van der Waals surface area contributed by atoms with Crippen molar-refractivity contribution in [1.29, 1.82) is 0 Å². The summed E-state index contributed by atoms with van der Waals surface area (Å²) in [4.78, 5) is 46.1.